The Morgan fingerprint density at radius 1 is 1.29 bits per heavy atom. The Labute approximate surface area is 83.2 Å². The first-order valence-electron chi connectivity index (χ1n) is 4.59. The zero-order valence-corrected chi connectivity index (χ0v) is 8.14. The third kappa shape index (κ3) is 1.62. The average molecular weight is 187 g/mol. The molecule has 0 fully saturated rings. The summed E-state index contributed by atoms with van der Waals surface area (Å²) in [4.78, 5) is 0. The molecule has 0 saturated carbocycles. The summed E-state index contributed by atoms with van der Waals surface area (Å²) in [7, 11) is 0. The third-order valence-electron chi connectivity index (χ3n) is 2.32. The van der Waals surface area contributed by atoms with Gasteiger partial charge in [-0.25, -0.2) is 0 Å². The van der Waals surface area contributed by atoms with E-state index in [-0.39, 0.29) is 0 Å². The fraction of sp³-hybridized carbons (Fsp3) is 0.182. The van der Waals surface area contributed by atoms with Crippen LogP contribution in [0.2, 0.25) is 0 Å². The molecule has 3 nitrogen and oxygen atoms in total. The van der Waals surface area contributed by atoms with Gasteiger partial charge in [0.15, 0.2) is 0 Å². The first-order valence-corrected chi connectivity index (χ1v) is 4.59. The van der Waals surface area contributed by atoms with E-state index < -0.39 is 0 Å². The first kappa shape index (κ1) is 8.81. The fourth-order valence-corrected chi connectivity index (χ4v) is 1.38. The number of aromatic nitrogens is 2. The van der Waals surface area contributed by atoms with Gasteiger partial charge in [0.1, 0.15) is 0 Å². The summed E-state index contributed by atoms with van der Waals surface area (Å²) < 4.78 is 1.91. The predicted octanol–water partition coefficient (Wildman–Crippen LogP) is 1.82. The first-order chi connectivity index (χ1) is 6.77. The van der Waals surface area contributed by atoms with Crippen LogP contribution in [0.15, 0.2) is 36.5 Å². The maximum absolute atomic E-state index is 5.71. The topological polar surface area (TPSA) is 43.8 Å². The van der Waals surface area contributed by atoms with E-state index in [0.29, 0.717) is 0 Å². The molecule has 0 amide bonds. The molecule has 1 heterocycles. The van der Waals surface area contributed by atoms with E-state index in [0.717, 1.165) is 17.9 Å². The van der Waals surface area contributed by atoms with E-state index in [4.69, 9.17) is 5.73 Å². The Bertz CT molecular complexity index is 417. The lowest BCUT2D eigenvalue weighted by molar-refractivity contribution is 0.665. The number of nitrogen functional groups attached to an aromatic ring is 1. The van der Waals surface area contributed by atoms with Crippen LogP contribution in [0.1, 0.15) is 11.3 Å². The highest BCUT2D eigenvalue weighted by Crippen LogP contribution is 2.10. The molecule has 1 aromatic carbocycles. The minimum absolute atomic E-state index is 0.751. The van der Waals surface area contributed by atoms with Gasteiger partial charge < -0.3 is 5.73 Å². The second kappa shape index (κ2) is 3.54. The molecule has 0 saturated heterocycles. The highest BCUT2D eigenvalue weighted by atomic mass is 15.3. The second-order valence-electron chi connectivity index (χ2n) is 3.33. The summed E-state index contributed by atoms with van der Waals surface area (Å²) in [5, 5.41) is 4.20. The number of nitrogens with zero attached hydrogens (tertiary/aromatic N) is 2. The molecule has 1 aromatic heterocycles. The van der Waals surface area contributed by atoms with Crippen molar-refractivity contribution in [2.45, 2.75) is 13.5 Å². The highest BCUT2D eigenvalue weighted by Gasteiger charge is 2.02. The van der Waals surface area contributed by atoms with Crippen molar-refractivity contribution in [3.05, 3.63) is 47.8 Å². The largest absolute Gasteiger partial charge is 0.396 e. The molecule has 0 aliphatic carbocycles. The number of benzene rings is 1. The Morgan fingerprint density at radius 2 is 2.00 bits per heavy atom. The van der Waals surface area contributed by atoms with E-state index in [2.05, 4.69) is 17.2 Å². The van der Waals surface area contributed by atoms with Crippen molar-refractivity contribution in [1.82, 2.24) is 9.78 Å². The van der Waals surface area contributed by atoms with Gasteiger partial charge in [-0.05, 0) is 12.5 Å². The van der Waals surface area contributed by atoms with Crippen LogP contribution in [0.5, 0.6) is 0 Å². The Kier molecular flexibility index (Phi) is 2.23. The maximum atomic E-state index is 5.71. The zero-order chi connectivity index (χ0) is 9.97. The van der Waals surface area contributed by atoms with Crippen molar-refractivity contribution in [3.8, 4) is 0 Å². The van der Waals surface area contributed by atoms with Crippen LogP contribution in [0, 0.1) is 6.92 Å². The zero-order valence-electron chi connectivity index (χ0n) is 8.14. The van der Waals surface area contributed by atoms with Crippen LogP contribution in [0.3, 0.4) is 0 Å². The lowest BCUT2D eigenvalue weighted by Gasteiger charge is -2.04. The number of nitrogens with two attached hydrogens (primary N) is 1. The van der Waals surface area contributed by atoms with Crippen LogP contribution < -0.4 is 5.73 Å². The van der Waals surface area contributed by atoms with Gasteiger partial charge in [-0.1, -0.05) is 30.3 Å². The van der Waals surface area contributed by atoms with Crippen LogP contribution >= 0.6 is 0 Å². The molecular weight excluding hydrogens is 174 g/mol. The molecule has 0 aliphatic heterocycles. The predicted molar refractivity (Wildman–Crippen MR) is 56.9 cm³/mol. The molecule has 0 unspecified atom stereocenters. The number of hydrogen-bond donors (Lipinski definition) is 1. The molecule has 2 rings (SSSR count). The molecule has 2 aromatic rings. The molecule has 0 atom stereocenters. The van der Waals surface area contributed by atoms with Crippen molar-refractivity contribution in [1.29, 1.82) is 0 Å². The van der Waals surface area contributed by atoms with Gasteiger partial charge in [0.25, 0.3) is 0 Å². The van der Waals surface area contributed by atoms with Gasteiger partial charge in [0, 0.05) is 0 Å². The Balaban J connectivity index is 2.23. The molecule has 3 heteroatoms. The second-order valence-corrected chi connectivity index (χ2v) is 3.33. The maximum Gasteiger partial charge on any atom is 0.0730 e. The quantitative estimate of drug-likeness (QED) is 0.779. The minimum Gasteiger partial charge on any atom is -0.396 e. The summed E-state index contributed by atoms with van der Waals surface area (Å²) in [5.41, 5.74) is 8.72. The molecule has 0 aliphatic rings. The molecule has 0 bridgehead atoms. The number of anilines is 1. The molecule has 0 radical (unpaired) electrons. The standard InChI is InChI=1S/C11H13N3/c1-9-11(12)7-13-14(9)8-10-5-3-2-4-6-10/h2-7H,8,12H2,1H3. The third-order valence-corrected chi connectivity index (χ3v) is 2.32. The van der Waals surface area contributed by atoms with E-state index in [9.17, 15) is 0 Å². The van der Waals surface area contributed by atoms with E-state index in [1.807, 2.05) is 29.8 Å². The van der Waals surface area contributed by atoms with Crippen LogP contribution in [-0.4, -0.2) is 9.78 Å². The summed E-state index contributed by atoms with van der Waals surface area (Å²) in [6, 6.07) is 10.2. The Hall–Kier alpha value is -1.77. The van der Waals surface area contributed by atoms with Crippen molar-refractivity contribution >= 4 is 5.69 Å². The smallest absolute Gasteiger partial charge is 0.0730 e. The van der Waals surface area contributed by atoms with Gasteiger partial charge >= 0.3 is 0 Å². The molecule has 14 heavy (non-hydrogen) atoms. The van der Waals surface area contributed by atoms with Gasteiger partial charge in [-0.3, -0.25) is 4.68 Å². The van der Waals surface area contributed by atoms with Crippen LogP contribution in [0.4, 0.5) is 5.69 Å². The van der Waals surface area contributed by atoms with Gasteiger partial charge in [-0.15, -0.1) is 0 Å². The highest BCUT2D eigenvalue weighted by molar-refractivity contribution is 5.40. The lowest BCUT2D eigenvalue weighted by atomic mass is 10.2. The summed E-state index contributed by atoms with van der Waals surface area (Å²) in [6.45, 7) is 2.76. The van der Waals surface area contributed by atoms with Gasteiger partial charge in [0.05, 0.1) is 24.1 Å². The van der Waals surface area contributed by atoms with Crippen molar-refractivity contribution in [2.24, 2.45) is 0 Å². The SMILES string of the molecule is Cc1c(N)cnn1Cc1ccccc1. The van der Waals surface area contributed by atoms with E-state index in [1.165, 1.54) is 5.56 Å². The average Bonchev–Trinajstić information content (AvgIpc) is 2.52. The number of hydrogen-bond acceptors (Lipinski definition) is 2. The normalized spacial score (nSPS) is 10.4. The summed E-state index contributed by atoms with van der Waals surface area (Å²) in [6.07, 6.45) is 1.69. The van der Waals surface area contributed by atoms with E-state index >= 15 is 0 Å². The molecule has 2 N–H and O–H groups in total. The monoisotopic (exact) mass is 187 g/mol. The molecule has 72 valence electrons. The number of rotatable bonds is 2. The van der Waals surface area contributed by atoms with Crippen LogP contribution in [-0.2, 0) is 6.54 Å². The van der Waals surface area contributed by atoms with Crippen molar-refractivity contribution in [3.63, 3.8) is 0 Å². The van der Waals surface area contributed by atoms with Gasteiger partial charge in [-0.2, -0.15) is 5.10 Å². The molecular formula is C11H13N3. The Morgan fingerprint density at radius 3 is 2.57 bits per heavy atom. The fourth-order valence-electron chi connectivity index (χ4n) is 1.38. The van der Waals surface area contributed by atoms with Crippen LogP contribution in [0.25, 0.3) is 0 Å². The van der Waals surface area contributed by atoms with Crippen molar-refractivity contribution < 1.29 is 0 Å². The van der Waals surface area contributed by atoms with E-state index in [1.54, 1.807) is 6.20 Å². The lowest BCUT2D eigenvalue weighted by Crippen LogP contribution is -2.03. The summed E-state index contributed by atoms with van der Waals surface area (Å²) in [5.74, 6) is 0. The van der Waals surface area contributed by atoms with Gasteiger partial charge in [0.2, 0.25) is 0 Å². The summed E-state index contributed by atoms with van der Waals surface area (Å²) >= 11 is 0. The molecule has 0 spiro atoms. The minimum atomic E-state index is 0.751. The van der Waals surface area contributed by atoms with Crippen molar-refractivity contribution in [2.75, 3.05) is 5.73 Å².